The van der Waals surface area contributed by atoms with Crippen LogP contribution in [0.3, 0.4) is 0 Å². The number of hydrogen-bond acceptors (Lipinski definition) is 4. The predicted molar refractivity (Wildman–Crippen MR) is 70.5 cm³/mol. The van der Waals surface area contributed by atoms with Gasteiger partial charge in [0.2, 0.25) is 0 Å². The van der Waals surface area contributed by atoms with Crippen LogP contribution >= 0.6 is 0 Å². The molecule has 1 rings (SSSR count). The van der Waals surface area contributed by atoms with Crippen LogP contribution in [-0.4, -0.2) is 76.7 Å². The van der Waals surface area contributed by atoms with Crippen molar-refractivity contribution in [1.82, 2.24) is 15.1 Å². The Labute approximate surface area is 117 Å². The van der Waals surface area contributed by atoms with Crippen LogP contribution in [0.15, 0.2) is 0 Å². The molecule has 0 aliphatic carbocycles. The summed E-state index contributed by atoms with van der Waals surface area (Å²) in [5.74, 6) is -2.61. The highest BCUT2D eigenvalue weighted by Crippen LogP contribution is 2.09. The summed E-state index contributed by atoms with van der Waals surface area (Å²) in [6.07, 6.45) is 0.161. The molecule has 2 atom stereocenters. The quantitative estimate of drug-likeness (QED) is 0.652. The molecule has 1 heterocycles. The fourth-order valence-electron chi connectivity index (χ4n) is 2.28. The number of carboxylic acids is 2. The van der Waals surface area contributed by atoms with Gasteiger partial charge in [-0.15, -0.1) is 0 Å². The molecule has 114 valence electrons. The van der Waals surface area contributed by atoms with Crippen LogP contribution in [0, 0.1) is 0 Å². The van der Waals surface area contributed by atoms with Crippen molar-refractivity contribution in [3.05, 3.63) is 0 Å². The highest BCUT2D eigenvalue weighted by atomic mass is 16.4. The molecule has 8 heteroatoms. The largest absolute Gasteiger partial charge is 0.481 e. The summed E-state index contributed by atoms with van der Waals surface area (Å²) in [4.78, 5) is 37.3. The van der Waals surface area contributed by atoms with Gasteiger partial charge >= 0.3 is 18.0 Å². The lowest BCUT2D eigenvalue weighted by molar-refractivity contribution is -0.145. The minimum atomic E-state index is -1.41. The molecule has 0 bridgehead atoms. The van der Waals surface area contributed by atoms with Gasteiger partial charge in [-0.1, -0.05) is 0 Å². The molecule has 0 aromatic carbocycles. The van der Waals surface area contributed by atoms with Crippen LogP contribution in [0.5, 0.6) is 0 Å². The molecule has 2 unspecified atom stereocenters. The smallest absolute Gasteiger partial charge is 0.326 e. The van der Waals surface area contributed by atoms with Gasteiger partial charge in [0.05, 0.1) is 6.42 Å². The molecule has 0 radical (unpaired) electrons. The standard InChI is InChI=1S/C12H21N3O5/c1-8-7-14(2)4-3-5-15(8)12(20)13-9(11(18)19)6-10(16)17/h8-9H,3-7H2,1-2H3,(H,13,20)(H,16,17)(H,18,19). The molecule has 0 spiro atoms. The second-order valence-corrected chi connectivity index (χ2v) is 5.10. The maximum Gasteiger partial charge on any atom is 0.326 e. The second-order valence-electron chi connectivity index (χ2n) is 5.10. The second kappa shape index (κ2) is 7.09. The first kappa shape index (κ1) is 16.2. The zero-order valence-electron chi connectivity index (χ0n) is 11.7. The first-order chi connectivity index (χ1) is 9.31. The van der Waals surface area contributed by atoms with Crippen molar-refractivity contribution in [2.75, 3.05) is 26.7 Å². The zero-order valence-corrected chi connectivity index (χ0v) is 11.7. The SMILES string of the molecule is CC1CN(C)CCCN1C(=O)NC(CC(=O)O)C(=O)O. The van der Waals surface area contributed by atoms with E-state index in [1.54, 1.807) is 4.90 Å². The van der Waals surface area contributed by atoms with Crippen LogP contribution in [-0.2, 0) is 9.59 Å². The Hall–Kier alpha value is -1.83. The van der Waals surface area contributed by atoms with Crippen LogP contribution in [0.4, 0.5) is 4.79 Å². The monoisotopic (exact) mass is 287 g/mol. The van der Waals surface area contributed by atoms with Gasteiger partial charge in [0.25, 0.3) is 0 Å². The van der Waals surface area contributed by atoms with E-state index in [0.29, 0.717) is 13.1 Å². The van der Waals surface area contributed by atoms with E-state index in [1.807, 2.05) is 14.0 Å². The summed E-state index contributed by atoms with van der Waals surface area (Å²) >= 11 is 0. The average molecular weight is 287 g/mol. The van der Waals surface area contributed by atoms with Crippen LogP contribution in [0.2, 0.25) is 0 Å². The van der Waals surface area contributed by atoms with E-state index in [2.05, 4.69) is 10.2 Å². The number of rotatable bonds is 4. The number of carboxylic acid groups (broad SMARTS) is 2. The third-order valence-corrected chi connectivity index (χ3v) is 3.28. The molecule has 3 N–H and O–H groups in total. The maximum atomic E-state index is 12.1. The van der Waals surface area contributed by atoms with E-state index in [1.165, 1.54) is 0 Å². The van der Waals surface area contributed by atoms with Crippen molar-refractivity contribution < 1.29 is 24.6 Å². The number of carbonyl (C=O) groups is 3. The van der Waals surface area contributed by atoms with Crippen molar-refractivity contribution in [1.29, 1.82) is 0 Å². The van der Waals surface area contributed by atoms with Crippen molar-refractivity contribution in [3.8, 4) is 0 Å². The number of likely N-dealkylation sites (N-methyl/N-ethyl adjacent to an activating group) is 1. The predicted octanol–water partition coefficient (Wildman–Crippen LogP) is -0.350. The molecule has 1 fully saturated rings. The number of nitrogens with zero attached hydrogens (tertiary/aromatic N) is 2. The Kier molecular flexibility index (Phi) is 5.75. The molecule has 0 aromatic heterocycles. The van der Waals surface area contributed by atoms with E-state index in [9.17, 15) is 14.4 Å². The third kappa shape index (κ3) is 4.69. The van der Waals surface area contributed by atoms with E-state index >= 15 is 0 Å². The molecule has 20 heavy (non-hydrogen) atoms. The zero-order chi connectivity index (χ0) is 15.3. The van der Waals surface area contributed by atoms with E-state index in [0.717, 1.165) is 13.0 Å². The number of hydrogen-bond donors (Lipinski definition) is 3. The first-order valence-corrected chi connectivity index (χ1v) is 6.51. The van der Waals surface area contributed by atoms with E-state index in [-0.39, 0.29) is 6.04 Å². The maximum absolute atomic E-state index is 12.1. The van der Waals surface area contributed by atoms with Gasteiger partial charge in [0.1, 0.15) is 6.04 Å². The Balaban J connectivity index is 2.67. The fourth-order valence-corrected chi connectivity index (χ4v) is 2.28. The Bertz CT molecular complexity index is 387. The summed E-state index contributed by atoms with van der Waals surface area (Å²) in [6.45, 7) is 3.97. The lowest BCUT2D eigenvalue weighted by atomic mass is 10.2. The van der Waals surface area contributed by atoms with Crippen LogP contribution in [0.1, 0.15) is 19.8 Å². The molecule has 1 saturated heterocycles. The minimum Gasteiger partial charge on any atom is -0.481 e. The lowest BCUT2D eigenvalue weighted by Crippen LogP contribution is -2.52. The van der Waals surface area contributed by atoms with Gasteiger partial charge in [-0.25, -0.2) is 9.59 Å². The lowest BCUT2D eigenvalue weighted by Gasteiger charge is -2.29. The number of carbonyl (C=O) groups excluding carboxylic acids is 1. The van der Waals surface area contributed by atoms with Crippen molar-refractivity contribution >= 4 is 18.0 Å². The topological polar surface area (TPSA) is 110 Å². The summed E-state index contributed by atoms with van der Waals surface area (Å²) in [6, 6.07) is -1.99. The molecular weight excluding hydrogens is 266 g/mol. The van der Waals surface area contributed by atoms with Gasteiger partial charge < -0.3 is 25.3 Å². The van der Waals surface area contributed by atoms with Gasteiger partial charge in [-0.2, -0.15) is 0 Å². The number of nitrogens with one attached hydrogen (secondary N) is 1. The first-order valence-electron chi connectivity index (χ1n) is 6.51. The fraction of sp³-hybridized carbons (Fsp3) is 0.750. The van der Waals surface area contributed by atoms with E-state index < -0.39 is 30.4 Å². The summed E-state index contributed by atoms with van der Waals surface area (Å²) in [7, 11) is 1.96. The van der Waals surface area contributed by atoms with Crippen molar-refractivity contribution in [3.63, 3.8) is 0 Å². The van der Waals surface area contributed by atoms with Crippen LogP contribution < -0.4 is 5.32 Å². The van der Waals surface area contributed by atoms with Gasteiger partial charge in [0, 0.05) is 19.1 Å². The van der Waals surface area contributed by atoms with Gasteiger partial charge in [0.15, 0.2) is 0 Å². The van der Waals surface area contributed by atoms with Gasteiger partial charge in [-0.05, 0) is 26.9 Å². The highest BCUT2D eigenvalue weighted by Gasteiger charge is 2.29. The highest BCUT2D eigenvalue weighted by molar-refractivity contribution is 5.86. The molecule has 1 aliphatic heterocycles. The van der Waals surface area contributed by atoms with Crippen molar-refractivity contribution in [2.45, 2.75) is 31.8 Å². The number of urea groups is 1. The van der Waals surface area contributed by atoms with Crippen LogP contribution in [0.25, 0.3) is 0 Å². The molecule has 2 amide bonds. The Morgan fingerprint density at radius 1 is 1.30 bits per heavy atom. The molecule has 1 aliphatic rings. The number of aliphatic carboxylic acids is 2. The number of amides is 2. The Morgan fingerprint density at radius 3 is 2.50 bits per heavy atom. The summed E-state index contributed by atoms with van der Waals surface area (Å²) < 4.78 is 0. The molecule has 8 nitrogen and oxygen atoms in total. The molecule has 0 saturated carbocycles. The van der Waals surface area contributed by atoms with Gasteiger partial charge in [-0.3, -0.25) is 4.79 Å². The molecule has 0 aromatic rings. The normalized spacial score (nSPS) is 21.9. The average Bonchev–Trinajstić information content (AvgIpc) is 2.48. The summed E-state index contributed by atoms with van der Waals surface area (Å²) in [5, 5.41) is 19.9. The summed E-state index contributed by atoms with van der Waals surface area (Å²) in [5.41, 5.74) is 0. The van der Waals surface area contributed by atoms with E-state index in [4.69, 9.17) is 10.2 Å². The third-order valence-electron chi connectivity index (χ3n) is 3.28. The minimum absolute atomic E-state index is 0.0539. The van der Waals surface area contributed by atoms with Crippen molar-refractivity contribution in [2.24, 2.45) is 0 Å². The Morgan fingerprint density at radius 2 is 1.95 bits per heavy atom. The molecular formula is C12H21N3O5.